The largest absolute Gasteiger partial charge is 0.301 e. The molecule has 1 amide bonds. The maximum atomic E-state index is 14.2. The molecule has 0 aliphatic heterocycles. The fourth-order valence-corrected chi connectivity index (χ4v) is 4.63. The van der Waals surface area contributed by atoms with Crippen LogP contribution in [0.1, 0.15) is 5.56 Å². The second kappa shape index (κ2) is 8.76. The molecule has 1 N–H and O–H groups in total. The Hall–Kier alpha value is -3.04. The molecule has 0 atom stereocenters. The zero-order valence-corrected chi connectivity index (χ0v) is 17.8. The Bertz CT molecular complexity index is 1230. The van der Waals surface area contributed by atoms with Crippen molar-refractivity contribution in [1.29, 1.82) is 0 Å². The van der Waals surface area contributed by atoms with Gasteiger partial charge in [-0.1, -0.05) is 47.4 Å². The van der Waals surface area contributed by atoms with Crippen molar-refractivity contribution in [1.82, 2.24) is 19.7 Å². The number of nitrogens with one attached hydrogen (secondary N) is 1. The summed E-state index contributed by atoms with van der Waals surface area (Å²) in [5, 5.41) is 12.2. The number of carbonyl (C=O) groups excluding carboxylic acids is 1. The second-order valence-electron chi connectivity index (χ2n) is 6.51. The summed E-state index contributed by atoms with van der Waals surface area (Å²) < 4.78 is 17.0. The van der Waals surface area contributed by atoms with Gasteiger partial charge >= 0.3 is 0 Å². The molecule has 0 radical (unpaired) electrons. The van der Waals surface area contributed by atoms with E-state index in [1.807, 2.05) is 25.1 Å². The lowest BCUT2D eigenvalue weighted by molar-refractivity contribution is -0.113. The first kappa shape index (κ1) is 20.2. The zero-order chi connectivity index (χ0) is 21.1. The first-order valence-corrected chi connectivity index (χ1v) is 10.9. The number of fused-ring (bicyclic) bond motifs is 1. The average molecular weight is 440 g/mol. The maximum absolute atomic E-state index is 14.2. The minimum atomic E-state index is -0.379. The van der Waals surface area contributed by atoms with Crippen LogP contribution < -0.4 is 5.32 Å². The van der Waals surface area contributed by atoms with Gasteiger partial charge in [0.15, 0.2) is 16.1 Å². The van der Waals surface area contributed by atoms with Crippen molar-refractivity contribution in [3.63, 3.8) is 0 Å². The maximum Gasteiger partial charge on any atom is 0.236 e. The topological polar surface area (TPSA) is 72.7 Å². The number of aromatic nitrogens is 4. The summed E-state index contributed by atoms with van der Waals surface area (Å²) in [6.07, 6.45) is 1.68. The molecule has 0 bridgehead atoms. The molecule has 2 heterocycles. The minimum absolute atomic E-state index is 0.126. The number of rotatable bonds is 7. The molecular formula is C21H18FN5OS2. The van der Waals surface area contributed by atoms with E-state index in [0.717, 1.165) is 15.8 Å². The van der Waals surface area contributed by atoms with Crippen molar-refractivity contribution in [2.24, 2.45) is 0 Å². The molecule has 0 aliphatic rings. The predicted octanol–water partition coefficient (Wildman–Crippen LogP) is 4.92. The molecule has 30 heavy (non-hydrogen) atoms. The number of allylic oxidation sites excluding steroid dienone is 1. The van der Waals surface area contributed by atoms with Crippen molar-refractivity contribution in [2.75, 3.05) is 11.1 Å². The van der Waals surface area contributed by atoms with Crippen LogP contribution in [0.5, 0.6) is 0 Å². The Balaban J connectivity index is 1.48. The predicted molar refractivity (Wildman–Crippen MR) is 119 cm³/mol. The van der Waals surface area contributed by atoms with Crippen LogP contribution in [0.3, 0.4) is 0 Å². The van der Waals surface area contributed by atoms with E-state index in [-0.39, 0.29) is 17.5 Å². The van der Waals surface area contributed by atoms with Gasteiger partial charge in [0.25, 0.3) is 0 Å². The van der Waals surface area contributed by atoms with Gasteiger partial charge in [-0.15, -0.1) is 16.8 Å². The molecule has 0 unspecified atom stereocenters. The molecule has 4 rings (SSSR count). The first-order valence-electron chi connectivity index (χ1n) is 9.14. The highest BCUT2D eigenvalue weighted by molar-refractivity contribution is 7.99. The van der Waals surface area contributed by atoms with Gasteiger partial charge in [-0.3, -0.25) is 9.36 Å². The Kier molecular flexibility index (Phi) is 5.91. The number of hydrogen-bond acceptors (Lipinski definition) is 6. The number of thioether (sulfide) groups is 1. The summed E-state index contributed by atoms with van der Waals surface area (Å²) >= 11 is 2.66. The number of nitrogens with zero attached hydrogens (tertiary/aromatic N) is 4. The van der Waals surface area contributed by atoms with Crippen LogP contribution >= 0.6 is 23.1 Å². The molecule has 0 spiro atoms. The van der Waals surface area contributed by atoms with Crippen molar-refractivity contribution >= 4 is 44.4 Å². The average Bonchev–Trinajstić information content (AvgIpc) is 3.30. The van der Waals surface area contributed by atoms with Gasteiger partial charge in [0.1, 0.15) is 5.82 Å². The summed E-state index contributed by atoms with van der Waals surface area (Å²) in [4.78, 5) is 16.9. The Labute approximate surface area is 180 Å². The van der Waals surface area contributed by atoms with Crippen LogP contribution in [-0.2, 0) is 11.3 Å². The van der Waals surface area contributed by atoms with E-state index in [9.17, 15) is 9.18 Å². The van der Waals surface area contributed by atoms with Gasteiger partial charge < -0.3 is 5.32 Å². The molecule has 152 valence electrons. The number of aryl methyl sites for hydroxylation is 1. The summed E-state index contributed by atoms with van der Waals surface area (Å²) in [5.41, 5.74) is 2.36. The lowest BCUT2D eigenvalue weighted by atomic mass is 10.2. The fourth-order valence-electron chi connectivity index (χ4n) is 2.90. The van der Waals surface area contributed by atoms with Crippen LogP contribution in [0.15, 0.2) is 60.3 Å². The fraction of sp³-hybridized carbons (Fsp3) is 0.143. The minimum Gasteiger partial charge on any atom is -0.301 e. The van der Waals surface area contributed by atoms with Gasteiger partial charge in [-0.2, -0.15) is 0 Å². The molecule has 0 aliphatic carbocycles. The third-order valence-corrected chi connectivity index (χ3v) is 6.17. The normalized spacial score (nSPS) is 11.0. The number of halogens is 1. The van der Waals surface area contributed by atoms with E-state index >= 15 is 0 Å². The monoisotopic (exact) mass is 439 g/mol. The van der Waals surface area contributed by atoms with Crippen molar-refractivity contribution in [3.05, 3.63) is 66.5 Å². The van der Waals surface area contributed by atoms with Crippen molar-refractivity contribution in [3.8, 4) is 11.4 Å². The molecular weight excluding hydrogens is 421 g/mol. The summed E-state index contributed by atoms with van der Waals surface area (Å²) in [7, 11) is 0. The zero-order valence-electron chi connectivity index (χ0n) is 16.1. The Morgan fingerprint density at radius 2 is 2.13 bits per heavy atom. The van der Waals surface area contributed by atoms with E-state index in [1.54, 1.807) is 28.8 Å². The van der Waals surface area contributed by atoms with Gasteiger partial charge in [0.05, 0.1) is 21.5 Å². The second-order valence-corrected chi connectivity index (χ2v) is 8.49. The molecule has 0 saturated carbocycles. The molecule has 0 fully saturated rings. The molecule has 6 nitrogen and oxygen atoms in total. The van der Waals surface area contributed by atoms with Crippen LogP contribution in [0.4, 0.5) is 9.52 Å². The van der Waals surface area contributed by atoms with Gasteiger partial charge in [-0.25, -0.2) is 9.37 Å². The number of carbonyl (C=O) groups is 1. The highest BCUT2D eigenvalue weighted by Gasteiger charge is 2.17. The third-order valence-electron chi connectivity index (χ3n) is 4.27. The van der Waals surface area contributed by atoms with E-state index in [4.69, 9.17) is 0 Å². The summed E-state index contributed by atoms with van der Waals surface area (Å²) in [6, 6.07) is 12.4. The number of benzene rings is 2. The SMILES string of the molecule is C=CCn1c(SCC(=O)Nc2nc3ccc(C)cc3s2)nnc1-c1ccccc1F. The third kappa shape index (κ3) is 4.27. The lowest BCUT2D eigenvalue weighted by Crippen LogP contribution is -2.14. The van der Waals surface area contributed by atoms with Gasteiger partial charge in [-0.05, 0) is 36.8 Å². The number of anilines is 1. The van der Waals surface area contributed by atoms with E-state index in [0.29, 0.717) is 28.2 Å². The van der Waals surface area contributed by atoms with Crippen molar-refractivity contribution in [2.45, 2.75) is 18.6 Å². The summed E-state index contributed by atoms with van der Waals surface area (Å²) in [5.74, 6) is -0.0500. The van der Waals surface area contributed by atoms with Crippen LogP contribution in [-0.4, -0.2) is 31.4 Å². The van der Waals surface area contributed by atoms with Crippen molar-refractivity contribution < 1.29 is 9.18 Å². The highest BCUT2D eigenvalue weighted by Crippen LogP contribution is 2.28. The number of hydrogen-bond donors (Lipinski definition) is 1. The van der Waals surface area contributed by atoms with Crippen LogP contribution in [0.2, 0.25) is 0 Å². The molecule has 2 aromatic carbocycles. The Morgan fingerprint density at radius 3 is 2.93 bits per heavy atom. The van der Waals surface area contributed by atoms with Gasteiger partial charge in [0.2, 0.25) is 5.91 Å². The lowest BCUT2D eigenvalue weighted by Gasteiger charge is -2.08. The molecule has 0 saturated heterocycles. The highest BCUT2D eigenvalue weighted by atomic mass is 32.2. The first-order chi connectivity index (χ1) is 14.5. The van der Waals surface area contributed by atoms with E-state index in [1.165, 1.54) is 29.2 Å². The molecule has 9 heteroatoms. The quantitative estimate of drug-likeness (QED) is 0.327. The standard InChI is InChI=1S/C21H18FN5OS2/c1-3-10-27-19(14-6-4-5-7-15(14)22)25-26-21(27)29-12-18(28)24-20-23-16-9-8-13(2)11-17(16)30-20/h3-9,11H,1,10,12H2,2H3,(H,23,24,28). The molecule has 4 aromatic rings. The number of amides is 1. The number of thiazole rings is 1. The Morgan fingerprint density at radius 1 is 1.30 bits per heavy atom. The summed E-state index contributed by atoms with van der Waals surface area (Å²) in [6.45, 7) is 6.16. The molecule has 2 aromatic heterocycles. The van der Waals surface area contributed by atoms with Gasteiger partial charge in [0, 0.05) is 6.54 Å². The van der Waals surface area contributed by atoms with E-state index < -0.39 is 0 Å². The van der Waals surface area contributed by atoms with Crippen LogP contribution in [0.25, 0.3) is 21.6 Å². The smallest absolute Gasteiger partial charge is 0.236 e. The van der Waals surface area contributed by atoms with Crippen LogP contribution in [0, 0.1) is 12.7 Å². The van der Waals surface area contributed by atoms with E-state index in [2.05, 4.69) is 27.1 Å².